The summed E-state index contributed by atoms with van der Waals surface area (Å²) in [5, 5.41) is 3.75. The van der Waals surface area contributed by atoms with E-state index in [4.69, 9.17) is 21.1 Å². The molecule has 0 aliphatic heterocycles. The number of benzene rings is 2. The molecule has 150 valence electrons. The van der Waals surface area contributed by atoms with Crippen molar-refractivity contribution in [3.8, 4) is 5.88 Å². The number of fused-ring (bicyclic) bond motifs is 1. The highest BCUT2D eigenvalue weighted by molar-refractivity contribution is 6.31. The predicted octanol–water partition coefficient (Wildman–Crippen LogP) is 3.68. The van der Waals surface area contributed by atoms with Crippen molar-refractivity contribution in [2.24, 2.45) is 0 Å². The molecule has 6 nitrogen and oxygen atoms in total. The number of carbonyl (C=O) groups excluding carboxylic acids is 2. The first-order valence-corrected chi connectivity index (χ1v) is 9.06. The van der Waals surface area contributed by atoms with Gasteiger partial charge in [0.05, 0.1) is 26.2 Å². The molecule has 8 heteroatoms. The van der Waals surface area contributed by atoms with E-state index in [1.54, 1.807) is 36.4 Å². The van der Waals surface area contributed by atoms with Gasteiger partial charge in [-0.3, -0.25) is 4.79 Å². The van der Waals surface area contributed by atoms with Gasteiger partial charge in [-0.05, 0) is 35.4 Å². The van der Waals surface area contributed by atoms with Gasteiger partial charge in [0.2, 0.25) is 11.8 Å². The van der Waals surface area contributed by atoms with Crippen LogP contribution in [0.1, 0.15) is 21.5 Å². The second-order valence-corrected chi connectivity index (χ2v) is 6.65. The van der Waals surface area contributed by atoms with Crippen LogP contribution in [0.15, 0.2) is 42.5 Å². The molecule has 0 unspecified atom stereocenters. The number of rotatable bonds is 6. The number of halogens is 2. The number of methoxy groups -OCH3 is 2. The minimum absolute atomic E-state index is 0.0889. The third kappa shape index (κ3) is 4.63. The summed E-state index contributed by atoms with van der Waals surface area (Å²) in [6, 6.07) is 11.0. The van der Waals surface area contributed by atoms with Gasteiger partial charge in [0.15, 0.2) is 0 Å². The molecule has 2 aromatic carbocycles. The summed E-state index contributed by atoms with van der Waals surface area (Å²) >= 11 is 6.19. The van der Waals surface area contributed by atoms with Crippen LogP contribution in [0.2, 0.25) is 5.02 Å². The quantitative estimate of drug-likeness (QED) is 0.620. The standard InChI is InChI=1S/C21H18ClFN2O4/c1-28-20-16(21(27)29-2)9-13-7-15(22)8-14(19(13)25-20)11-24-18(26)10-12-5-3-4-6-17(12)23/h3-9H,10-11H2,1-2H3,(H,24,26). The van der Waals surface area contributed by atoms with Crippen molar-refractivity contribution >= 4 is 34.4 Å². The highest BCUT2D eigenvalue weighted by Gasteiger charge is 2.18. The fraction of sp³-hybridized carbons (Fsp3) is 0.190. The first-order chi connectivity index (χ1) is 13.9. The lowest BCUT2D eigenvalue weighted by atomic mass is 10.1. The minimum Gasteiger partial charge on any atom is -0.480 e. The number of amides is 1. The molecule has 0 aliphatic carbocycles. The maximum atomic E-state index is 13.7. The number of nitrogens with zero attached hydrogens (tertiary/aromatic N) is 1. The molecule has 1 heterocycles. The Morgan fingerprint density at radius 1 is 1.14 bits per heavy atom. The number of hydrogen-bond donors (Lipinski definition) is 1. The maximum Gasteiger partial charge on any atom is 0.343 e. The van der Waals surface area contributed by atoms with Crippen LogP contribution in [0.4, 0.5) is 4.39 Å². The molecule has 0 saturated carbocycles. The van der Waals surface area contributed by atoms with Crippen LogP contribution in [0.5, 0.6) is 5.88 Å². The van der Waals surface area contributed by atoms with E-state index in [1.165, 1.54) is 20.3 Å². The molecule has 0 saturated heterocycles. The van der Waals surface area contributed by atoms with Gasteiger partial charge in [-0.25, -0.2) is 14.2 Å². The largest absolute Gasteiger partial charge is 0.480 e. The number of esters is 1. The molecule has 0 bridgehead atoms. The fourth-order valence-electron chi connectivity index (χ4n) is 2.92. The minimum atomic E-state index is -0.587. The third-order valence-corrected chi connectivity index (χ3v) is 4.53. The van der Waals surface area contributed by atoms with E-state index in [1.807, 2.05) is 0 Å². The van der Waals surface area contributed by atoms with Crippen LogP contribution in [0, 0.1) is 5.82 Å². The molecule has 1 N–H and O–H groups in total. The van der Waals surface area contributed by atoms with E-state index >= 15 is 0 Å². The lowest BCUT2D eigenvalue weighted by molar-refractivity contribution is -0.120. The number of hydrogen-bond acceptors (Lipinski definition) is 5. The second kappa shape index (κ2) is 8.87. The molecular formula is C21H18ClFN2O4. The molecule has 0 atom stereocenters. The summed E-state index contributed by atoms with van der Waals surface area (Å²) in [5.41, 5.74) is 1.62. The topological polar surface area (TPSA) is 77.5 Å². The molecule has 0 radical (unpaired) electrons. The lowest BCUT2D eigenvalue weighted by Crippen LogP contribution is -2.25. The Kier molecular flexibility index (Phi) is 6.29. The smallest absolute Gasteiger partial charge is 0.343 e. The van der Waals surface area contributed by atoms with Crippen molar-refractivity contribution in [3.05, 3.63) is 70.0 Å². The third-order valence-electron chi connectivity index (χ3n) is 4.31. The zero-order chi connectivity index (χ0) is 21.0. The second-order valence-electron chi connectivity index (χ2n) is 6.22. The highest BCUT2D eigenvalue weighted by Crippen LogP contribution is 2.28. The number of pyridine rings is 1. The zero-order valence-electron chi connectivity index (χ0n) is 15.8. The van der Waals surface area contributed by atoms with Crippen LogP contribution in [-0.4, -0.2) is 31.1 Å². The van der Waals surface area contributed by atoms with Crippen LogP contribution < -0.4 is 10.1 Å². The Bertz CT molecular complexity index is 1090. The number of nitrogens with one attached hydrogen (secondary N) is 1. The lowest BCUT2D eigenvalue weighted by Gasteiger charge is -2.12. The van der Waals surface area contributed by atoms with E-state index < -0.39 is 11.8 Å². The monoisotopic (exact) mass is 416 g/mol. The molecule has 29 heavy (non-hydrogen) atoms. The van der Waals surface area contributed by atoms with Crippen molar-refractivity contribution in [1.29, 1.82) is 0 Å². The zero-order valence-corrected chi connectivity index (χ0v) is 16.5. The molecule has 3 rings (SSSR count). The Labute approximate surface area is 171 Å². The first-order valence-electron chi connectivity index (χ1n) is 8.68. The average molecular weight is 417 g/mol. The van der Waals surface area contributed by atoms with Crippen molar-refractivity contribution in [2.45, 2.75) is 13.0 Å². The van der Waals surface area contributed by atoms with Crippen molar-refractivity contribution < 1.29 is 23.5 Å². The predicted molar refractivity (Wildman–Crippen MR) is 107 cm³/mol. The summed E-state index contributed by atoms with van der Waals surface area (Å²) in [7, 11) is 2.66. The van der Waals surface area contributed by atoms with Crippen LogP contribution in [0.25, 0.3) is 10.9 Å². The summed E-state index contributed by atoms with van der Waals surface area (Å²) in [4.78, 5) is 28.6. The average Bonchev–Trinajstić information content (AvgIpc) is 2.72. The Morgan fingerprint density at radius 2 is 1.90 bits per heavy atom. The van der Waals surface area contributed by atoms with E-state index in [0.717, 1.165) is 0 Å². The number of ether oxygens (including phenoxy) is 2. The Morgan fingerprint density at radius 3 is 2.59 bits per heavy atom. The maximum absolute atomic E-state index is 13.7. The van der Waals surface area contributed by atoms with E-state index in [9.17, 15) is 14.0 Å². The van der Waals surface area contributed by atoms with Gasteiger partial charge >= 0.3 is 5.97 Å². The number of carbonyl (C=O) groups is 2. The van der Waals surface area contributed by atoms with Crippen LogP contribution in [-0.2, 0) is 22.5 Å². The van der Waals surface area contributed by atoms with Crippen LogP contribution in [0.3, 0.4) is 0 Å². The van der Waals surface area contributed by atoms with E-state index in [0.29, 0.717) is 27.1 Å². The normalized spacial score (nSPS) is 10.6. The Balaban J connectivity index is 1.88. The molecule has 1 aromatic heterocycles. The molecular weight excluding hydrogens is 399 g/mol. The molecule has 1 amide bonds. The highest BCUT2D eigenvalue weighted by atomic mass is 35.5. The summed E-state index contributed by atoms with van der Waals surface area (Å²) < 4.78 is 23.7. The summed E-state index contributed by atoms with van der Waals surface area (Å²) in [5.74, 6) is -1.26. The number of aromatic nitrogens is 1. The summed E-state index contributed by atoms with van der Waals surface area (Å²) in [6.45, 7) is 0.123. The van der Waals surface area contributed by atoms with Crippen molar-refractivity contribution in [3.63, 3.8) is 0 Å². The van der Waals surface area contributed by atoms with Gasteiger partial charge in [-0.1, -0.05) is 29.8 Å². The van der Waals surface area contributed by atoms with E-state index in [-0.39, 0.29) is 30.3 Å². The molecule has 0 aliphatic rings. The van der Waals surface area contributed by atoms with Crippen LogP contribution >= 0.6 is 11.6 Å². The van der Waals surface area contributed by atoms with Gasteiger partial charge in [0.1, 0.15) is 11.4 Å². The molecule has 0 spiro atoms. The van der Waals surface area contributed by atoms with Gasteiger partial charge in [0.25, 0.3) is 0 Å². The van der Waals surface area contributed by atoms with Gasteiger partial charge in [-0.15, -0.1) is 0 Å². The Hall–Kier alpha value is -3.19. The van der Waals surface area contributed by atoms with Gasteiger partial charge in [-0.2, -0.15) is 0 Å². The van der Waals surface area contributed by atoms with Gasteiger partial charge in [0, 0.05) is 17.0 Å². The fourth-order valence-corrected chi connectivity index (χ4v) is 3.17. The summed E-state index contributed by atoms with van der Waals surface area (Å²) in [6.07, 6.45) is -0.0889. The van der Waals surface area contributed by atoms with Crippen molar-refractivity contribution in [1.82, 2.24) is 10.3 Å². The van der Waals surface area contributed by atoms with Gasteiger partial charge < -0.3 is 14.8 Å². The SMILES string of the molecule is COC(=O)c1cc2cc(Cl)cc(CNC(=O)Cc3ccccc3F)c2nc1OC. The van der Waals surface area contributed by atoms with Crippen molar-refractivity contribution in [2.75, 3.05) is 14.2 Å². The molecule has 3 aromatic rings. The first kappa shape index (κ1) is 20.5. The molecule has 0 fully saturated rings. The van der Waals surface area contributed by atoms with E-state index in [2.05, 4.69) is 10.3 Å².